The van der Waals surface area contributed by atoms with Crippen molar-refractivity contribution >= 4 is 32.3 Å². The van der Waals surface area contributed by atoms with Crippen molar-refractivity contribution in [1.29, 1.82) is 0 Å². The van der Waals surface area contributed by atoms with Crippen LogP contribution in [0.4, 0.5) is 0 Å². The van der Waals surface area contributed by atoms with Gasteiger partial charge in [-0.25, -0.2) is 4.98 Å². The summed E-state index contributed by atoms with van der Waals surface area (Å²) >= 11 is 0. The van der Waals surface area contributed by atoms with Crippen molar-refractivity contribution < 1.29 is 0 Å². The fourth-order valence-electron chi connectivity index (χ4n) is 8.24. The number of hydrogen-bond acceptors (Lipinski definition) is 1. The standard InChI is InChI=1S/C47H37N/c1-3-15-32(16-4-1)36-29-30-43(38-22-8-7-21-37(36)38)47-41-25-11-9-23-39(41)46(40-24-10-12-26-42(40)47)35-20-13-19-34(31-35)45-28-14-27-44(48-45)33-17-5-2-6-18-33/h2,5-14,17-32H,1,3-4,15-16H2. The number of hydrogen-bond donors (Lipinski definition) is 0. The van der Waals surface area contributed by atoms with Gasteiger partial charge in [0.1, 0.15) is 0 Å². The van der Waals surface area contributed by atoms with Crippen molar-refractivity contribution in [3.63, 3.8) is 0 Å². The molecule has 1 aromatic heterocycles. The van der Waals surface area contributed by atoms with Crippen molar-refractivity contribution in [3.8, 4) is 44.8 Å². The molecule has 1 fully saturated rings. The molecule has 0 unspecified atom stereocenters. The summed E-state index contributed by atoms with van der Waals surface area (Å²) in [5, 5.41) is 7.89. The molecule has 8 aromatic rings. The lowest BCUT2D eigenvalue weighted by atomic mass is 9.79. The molecule has 0 spiro atoms. The van der Waals surface area contributed by atoms with Crippen molar-refractivity contribution in [2.24, 2.45) is 0 Å². The highest BCUT2D eigenvalue weighted by molar-refractivity contribution is 6.23. The summed E-state index contributed by atoms with van der Waals surface area (Å²) in [7, 11) is 0. The molecule has 1 heterocycles. The van der Waals surface area contributed by atoms with Crippen LogP contribution >= 0.6 is 0 Å². The second-order valence-electron chi connectivity index (χ2n) is 13.3. The monoisotopic (exact) mass is 615 g/mol. The molecule has 9 rings (SSSR count). The second-order valence-corrected chi connectivity index (χ2v) is 13.3. The highest BCUT2D eigenvalue weighted by Crippen LogP contribution is 2.47. The van der Waals surface area contributed by atoms with E-state index in [1.165, 1.54) is 92.2 Å². The number of pyridine rings is 1. The van der Waals surface area contributed by atoms with Gasteiger partial charge in [0.15, 0.2) is 0 Å². The first-order valence-corrected chi connectivity index (χ1v) is 17.4. The SMILES string of the molecule is c1ccc(-c2cccc(-c3cccc(-c4c5ccccc5c(-c5ccc(C6CCCCC6)c6ccccc56)c5ccccc45)c3)n2)cc1. The van der Waals surface area contributed by atoms with Gasteiger partial charge in [-0.05, 0) is 97.1 Å². The van der Waals surface area contributed by atoms with E-state index in [2.05, 4.69) is 152 Å². The maximum Gasteiger partial charge on any atom is 0.0709 e. The van der Waals surface area contributed by atoms with Crippen LogP contribution in [0.25, 0.3) is 77.1 Å². The highest BCUT2D eigenvalue weighted by atomic mass is 14.7. The predicted octanol–water partition coefficient (Wildman–Crippen LogP) is 13.3. The molecule has 0 bridgehead atoms. The third-order valence-electron chi connectivity index (χ3n) is 10.5. The minimum Gasteiger partial charge on any atom is -0.248 e. The molecule has 48 heavy (non-hydrogen) atoms. The molecule has 0 radical (unpaired) electrons. The molecule has 0 aliphatic heterocycles. The molecule has 0 saturated heterocycles. The van der Waals surface area contributed by atoms with Crippen molar-refractivity contribution in [1.82, 2.24) is 4.98 Å². The zero-order valence-electron chi connectivity index (χ0n) is 27.1. The van der Waals surface area contributed by atoms with Crippen LogP contribution in [0.3, 0.4) is 0 Å². The van der Waals surface area contributed by atoms with Crippen LogP contribution in [0.5, 0.6) is 0 Å². The quantitative estimate of drug-likeness (QED) is 0.176. The van der Waals surface area contributed by atoms with Gasteiger partial charge in [-0.1, -0.05) is 159 Å². The smallest absolute Gasteiger partial charge is 0.0709 e. The Labute approximate surface area is 282 Å². The van der Waals surface area contributed by atoms with Gasteiger partial charge in [0.25, 0.3) is 0 Å². The number of rotatable bonds is 5. The fraction of sp³-hybridized carbons (Fsp3) is 0.128. The summed E-state index contributed by atoms with van der Waals surface area (Å²) in [5.74, 6) is 0.656. The normalized spacial score (nSPS) is 13.8. The van der Waals surface area contributed by atoms with Gasteiger partial charge in [0.2, 0.25) is 0 Å². The Hall–Kier alpha value is -5.53. The number of fused-ring (bicyclic) bond motifs is 3. The lowest BCUT2D eigenvalue weighted by Crippen LogP contribution is -2.05. The summed E-state index contributed by atoms with van der Waals surface area (Å²) in [6.07, 6.45) is 6.65. The maximum atomic E-state index is 5.10. The van der Waals surface area contributed by atoms with E-state index in [-0.39, 0.29) is 0 Å². The van der Waals surface area contributed by atoms with Gasteiger partial charge in [0, 0.05) is 11.1 Å². The minimum atomic E-state index is 0.656. The first-order chi connectivity index (χ1) is 23.8. The first-order valence-electron chi connectivity index (χ1n) is 17.4. The van der Waals surface area contributed by atoms with Crippen LogP contribution in [0.2, 0.25) is 0 Å². The molecule has 1 heteroatoms. The van der Waals surface area contributed by atoms with Gasteiger partial charge in [-0.15, -0.1) is 0 Å². The maximum absolute atomic E-state index is 5.10. The van der Waals surface area contributed by atoms with E-state index in [0.717, 1.165) is 22.5 Å². The van der Waals surface area contributed by atoms with Crippen molar-refractivity contribution in [2.75, 3.05) is 0 Å². The van der Waals surface area contributed by atoms with Gasteiger partial charge in [0.05, 0.1) is 11.4 Å². The first kappa shape index (κ1) is 28.7. The lowest BCUT2D eigenvalue weighted by molar-refractivity contribution is 0.445. The van der Waals surface area contributed by atoms with E-state index in [4.69, 9.17) is 4.98 Å². The molecule has 1 aliphatic carbocycles. The van der Waals surface area contributed by atoms with Crippen molar-refractivity contribution in [2.45, 2.75) is 38.0 Å². The van der Waals surface area contributed by atoms with E-state index in [0.29, 0.717) is 5.92 Å². The average molecular weight is 616 g/mol. The Morgan fingerprint density at radius 1 is 0.375 bits per heavy atom. The van der Waals surface area contributed by atoms with Crippen LogP contribution in [-0.4, -0.2) is 4.98 Å². The zero-order chi connectivity index (χ0) is 31.9. The van der Waals surface area contributed by atoms with Gasteiger partial charge >= 0.3 is 0 Å². The largest absolute Gasteiger partial charge is 0.248 e. The second kappa shape index (κ2) is 12.2. The Morgan fingerprint density at radius 2 is 0.896 bits per heavy atom. The van der Waals surface area contributed by atoms with Gasteiger partial charge in [-0.3, -0.25) is 0 Å². The minimum absolute atomic E-state index is 0.656. The fourth-order valence-corrected chi connectivity index (χ4v) is 8.24. The summed E-state index contributed by atoms with van der Waals surface area (Å²) < 4.78 is 0. The molecule has 7 aromatic carbocycles. The number of benzene rings is 7. The van der Waals surface area contributed by atoms with E-state index in [9.17, 15) is 0 Å². The van der Waals surface area contributed by atoms with Gasteiger partial charge in [-0.2, -0.15) is 0 Å². The van der Waals surface area contributed by atoms with Gasteiger partial charge < -0.3 is 0 Å². The molecular weight excluding hydrogens is 579 g/mol. The van der Waals surface area contributed by atoms with Crippen LogP contribution < -0.4 is 0 Å². The summed E-state index contributed by atoms with van der Waals surface area (Å²) in [5.41, 5.74) is 10.9. The Balaban J connectivity index is 1.25. The van der Waals surface area contributed by atoms with Crippen LogP contribution in [-0.2, 0) is 0 Å². The van der Waals surface area contributed by atoms with Crippen LogP contribution in [0.15, 0.2) is 158 Å². The summed E-state index contributed by atoms with van der Waals surface area (Å²) in [6, 6.07) is 57.7. The molecular formula is C47H37N. The molecule has 1 nitrogen and oxygen atoms in total. The van der Waals surface area contributed by atoms with E-state index in [1.54, 1.807) is 0 Å². The number of nitrogens with zero attached hydrogens (tertiary/aromatic N) is 1. The summed E-state index contributed by atoms with van der Waals surface area (Å²) in [4.78, 5) is 5.10. The predicted molar refractivity (Wildman–Crippen MR) is 204 cm³/mol. The lowest BCUT2D eigenvalue weighted by Gasteiger charge is -2.25. The summed E-state index contributed by atoms with van der Waals surface area (Å²) in [6.45, 7) is 0. The Bertz CT molecular complexity index is 2370. The third kappa shape index (κ3) is 4.98. The molecule has 0 atom stereocenters. The van der Waals surface area contributed by atoms with Crippen LogP contribution in [0, 0.1) is 0 Å². The Kier molecular flexibility index (Phi) is 7.32. The number of aromatic nitrogens is 1. The molecule has 230 valence electrons. The van der Waals surface area contributed by atoms with E-state index in [1.807, 2.05) is 6.07 Å². The molecule has 0 N–H and O–H groups in total. The third-order valence-corrected chi connectivity index (χ3v) is 10.5. The molecule has 0 amide bonds. The topological polar surface area (TPSA) is 12.9 Å². The van der Waals surface area contributed by atoms with E-state index >= 15 is 0 Å². The van der Waals surface area contributed by atoms with Crippen LogP contribution in [0.1, 0.15) is 43.6 Å². The molecule has 1 aliphatic rings. The Morgan fingerprint density at radius 3 is 1.58 bits per heavy atom. The average Bonchev–Trinajstić information content (AvgIpc) is 3.17. The van der Waals surface area contributed by atoms with Crippen molar-refractivity contribution in [3.05, 3.63) is 163 Å². The van der Waals surface area contributed by atoms with E-state index < -0.39 is 0 Å². The molecule has 1 saturated carbocycles. The highest BCUT2D eigenvalue weighted by Gasteiger charge is 2.22. The zero-order valence-corrected chi connectivity index (χ0v) is 27.1.